The highest BCUT2D eigenvalue weighted by molar-refractivity contribution is 5.78. The summed E-state index contributed by atoms with van der Waals surface area (Å²) in [5, 5.41) is 1.18. The molecule has 0 radical (unpaired) electrons. The van der Waals surface area contributed by atoms with Crippen LogP contribution in [0.25, 0.3) is 11.0 Å². The van der Waals surface area contributed by atoms with Gasteiger partial charge in [0, 0.05) is 17.3 Å². The van der Waals surface area contributed by atoms with Gasteiger partial charge in [-0.3, -0.25) is 0 Å². The lowest BCUT2D eigenvalue weighted by molar-refractivity contribution is 0.615. The molecule has 0 saturated heterocycles. The van der Waals surface area contributed by atoms with Crippen molar-refractivity contribution in [2.24, 2.45) is 5.73 Å². The topological polar surface area (TPSA) is 39.2 Å². The normalized spacial score (nSPS) is 18.6. The van der Waals surface area contributed by atoms with Gasteiger partial charge in [-0.05, 0) is 36.6 Å². The molecular weight excluding hydrogens is 174 g/mol. The summed E-state index contributed by atoms with van der Waals surface area (Å²) >= 11 is 0. The lowest BCUT2D eigenvalue weighted by Crippen LogP contribution is -2.19. The smallest absolute Gasteiger partial charge is 0.133 e. The first-order valence-electron chi connectivity index (χ1n) is 5.02. The zero-order chi connectivity index (χ0) is 9.60. The molecule has 0 unspecified atom stereocenters. The average molecular weight is 187 g/mol. The van der Waals surface area contributed by atoms with E-state index in [9.17, 15) is 0 Å². The molecule has 1 heterocycles. The molecule has 1 aromatic heterocycles. The molecular formula is C12H13NO. The van der Waals surface area contributed by atoms with Gasteiger partial charge in [0.25, 0.3) is 0 Å². The van der Waals surface area contributed by atoms with Gasteiger partial charge in [0.1, 0.15) is 5.58 Å². The van der Waals surface area contributed by atoms with Crippen molar-refractivity contribution in [3.8, 4) is 0 Å². The quantitative estimate of drug-likeness (QED) is 0.784. The highest BCUT2D eigenvalue weighted by Crippen LogP contribution is 2.47. The second kappa shape index (κ2) is 2.61. The largest absolute Gasteiger partial charge is 0.464 e. The molecule has 0 atom stereocenters. The third-order valence-corrected chi connectivity index (χ3v) is 3.31. The van der Waals surface area contributed by atoms with Crippen LogP contribution in [0.3, 0.4) is 0 Å². The van der Waals surface area contributed by atoms with E-state index in [2.05, 4.69) is 12.1 Å². The molecule has 0 amide bonds. The van der Waals surface area contributed by atoms with Gasteiger partial charge in [-0.15, -0.1) is 0 Å². The third-order valence-electron chi connectivity index (χ3n) is 3.31. The monoisotopic (exact) mass is 187 g/mol. The molecule has 0 spiro atoms. The minimum absolute atomic E-state index is 0.283. The Morgan fingerprint density at radius 1 is 1.29 bits per heavy atom. The number of fused-ring (bicyclic) bond motifs is 1. The van der Waals surface area contributed by atoms with Crippen molar-refractivity contribution >= 4 is 11.0 Å². The fourth-order valence-electron chi connectivity index (χ4n) is 2.06. The maximum atomic E-state index is 5.80. The van der Waals surface area contributed by atoms with Gasteiger partial charge in [0.2, 0.25) is 0 Å². The van der Waals surface area contributed by atoms with Crippen LogP contribution in [0.4, 0.5) is 0 Å². The van der Waals surface area contributed by atoms with E-state index in [1.807, 2.05) is 12.1 Å². The molecule has 1 aliphatic carbocycles. The summed E-state index contributed by atoms with van der Waals surface area (Å²) in [6, 6.07) is 8.40. The van der Waals surface area contributed by atoms with Crippen LogP contribution in [-0.2, 0) is 5.41 Å². The van der Waals surface area contributed by atoms with Crippen molar-refractivity contribution in [1.29, 1.82) is 0 Å². The standard InChI is InChI=1S/C12H13NO/c13-8-12(4-5-12)10-1-2-11-9(7-10)3-6-14-11/h1-3,6-7H,4-5,8,13H2. The fraction of sp³-hybridized carbons (Fsp3) is 0.333. The van der Waals surface area contributed by atoms with E-state index in [1.54, 1.807) is 6.26 Å². The average Bonchev–Trinajstić information content (AvgIpc) is 2.89. The molecule has 1 aromatic carbocycles. The summed E-state index contributed by atoms with van der Waals surface area (Å²) < 4.78 is 5.31. The Labute approximate surface area is 82.7 Å². The van der Waals surface area contributed by atoms with Crippen LogP contribution in [0.2, 0.25) is 0 Å². The van der Waals surface area contributed by atoms with E-state index in [0.717, 1.165) is 12.1 Å². The Morgan fingerprint density at radius 3 is 2.86 bits per heavy atom. The molecule has 0 bridgehead atoms. The molecule has 2 aromatic rings. The molecule has 14 heavy (non-hydrogen) atoms. The number of nitrogens with two attached hydrogens (primary N) is 1. The van der Waals surface area contributed by atoms with Gasteiger partial charge >= 0.3 is 0 Å². The second-order valence-electron chi connectivity index (χ2n) is 4.16. The highest BCUT2D eigenvalue weighted by Gasteiger charge is 2.42. The van der Waals surface area contributed by atoms with Gasteiger partial charge in [-0.1, -0.05) is 6.07 Å². The van der Waals surface area contributed by atoms with Gasteiger partial charge < -0.3 is 10.2 Å². The molecule has 0 aliphatic heterocycles. The fourth-order valence-corrected chi connectivity index (χ4v) is 2.06. The molecule has 72 valence electrons. The molecule has 3 rings (SSSR count). The Kier molecular flexibility index (Phi) is 1.50. The van der Waals surface area contributed by atoms with Crippen molar-refractivity contribution in [1.82, 2.24) is 0 Å². The van der Waals surface area contributed by atoms with Crippen LogP contribution in [-0.4, -0.2) is 6.54 Å². The lowest BCUT2D eigenvalue weighted by atomic mass is 9.95. The minimum Gasteiger partial charge on any atom is -0.464 e. The number of benzene rings is 1. The molecule has 2 nitrogen and oxygen atoms in total. The van der Waals surface area contributed by atoms with E-state index in [0.29, 0.717) is 0 Å². The summed E-state index contributed by atoms with van der Waals surface area (Å²) in [6.07, 6.45) is 4.19. The second-order valence-corrected chi connectivity index (χ2v) is 4.16. The van der Waals surface area contributed by atoms with Crippen molar-refractivity contribution in [3.05, 3.63) is 36.1 Å². The van der Waals surface area contributed by atoms with Gasteiger partial charge in [-0.25, -0.2) is 0 Å². The first kappa shape index (κ1) is 8.06. The highest BCUT2D eigenvalue weighted by atomic mass is 16.3. The van der Waals surface area contributed by atoms with Crippen LogP contribution >= 0.6 is 0 Å². The van der Waals surface area contributed by atoms with Crippen molar-refractivity contribution in [2.45, 2.75) is 18.3 Å². The summed E-state index contributed by atoms with van der Waals surface area (Å²) in [4.78, 5) is 0. The van der Waals surface area contributed by atoms with E-state index in [-0.39, 0.29) is 5.41 Å². The predicted molar refractivity (Wildman–Crippen MR) is 56.2 cm³/mol. The van der Waals surface area contributed by atoms with Crippen LogP contribution in [0.1, 0.15) is 18.4 Å². The summed E-state index contributed by atoms with van der Waals surface area (Å²) in [5.41, 5.74) is 8.41. The summed E-state index contributed by atoms with van der Waals surface area (Å²) in [6.45, 7) is 0.760. The Hall–Kier alpha value is -1.28. The zero-order valence-corrected chi connectivity index (χ0v) is 7.99. The number of hydrogen-bond donors (Lipinski definition) is 1. The Bertz CT molecular complexity index is 468. The zero-order valence-electron chi connectivity index (χ0n) is 7.99. The minimum atomic E-state index is 0.283. The molecule has 1 aliphatic rings. The summed E-state index contributed by atoms with van der Waals surface area (Å²) in [7, 11) is 0. The first-order valence-corrected chi connectivity index (χ1v) is 5.02. The van der Waals surface area contributed by atoms with Crippen LogP contribution in [0.15, 0.2) is 34.9 Å². The van der Waals surface area contributed by atoms with E-state index < -0.39 is 0 Å². The Morgan fingerprint density at radius 2 is 2.14 bits per heavy atom. The first-order chi connectivity index (χ1) is 6.84. The van der Waals surface area contributed by atoms with Crippen LogP contribution in [0.5, 0.6) is 0 Å². The Balaban J connectivity index is 2.13. The molecule has 2 N–H and O–H groups in total. The third kappa shape index (κ3) is 1.01. The lowest BCUT2D eigenvalue weighted by Gasteiger charge is -2.12. The van der Waals surface area contributed by atoms with E-state index >= 15 is 0 Å². The van der Waals surface area contributed by atoms with Gasteiger partial charge in [0.15, 0.2) is 0 Å². The van der Waals surface area contributed by atoms with E-state index in [4.69, 9.17) is 10.2 Å². The van der Waals surface area contributed by atoms with Gasteiger partial charge in [0.05, 0.1) is 6.26 Å². The number of hydrogen-bond acceptors (Lipinski definition) is 2. The predicted octanol–water partition coefficient (Wildman–Crippen LogP) is 2.42. The SMILES string of the molecule is NCC1(c2ccc3occc3c2)CC1. The molecule has 1 saturated carbocycles. The number of rotatable bonds is 2. The number of furan rings is 1. The van der Waals surface area contributed by atoms with Crippen LogP contribution in [0, 0.1) is 0 Å². The molecule has 1 fully saturated rings. The van der Waals surface area contributed by atoms with E-state index in [1.165, 1.54) is 23.8 Å². The maximum Gasteiger partial charge on any atom is 0.133 e. The molecule has 2 heteroatoms. The summed E-state index contributed by atoms with van der Waals surface area (Å²) in [5.74, 6) is 0. The van der Waals surface area contributed by atoms with Crippen molar-refractivity contribution in [2.75, 3.05) is 6.54 Å². The van der Waals surface area contributed by atoms with Crippen LogP contribution < -0.4 is 5.73 Å². The van der Waals surface area contributed by atoms with Gasteiger partial charge in [-0.2, -0.15) is 0 Å². The van der Waals surface area contributed by atoms with Crippen molar-refractivity contribution < 1.29 is 4.42 Å². The maximum absolute atomic E-state index is 5.80. The van der Waals surface area contributed by atoms with Crippen molar-refractivity contribution in [3.63, 3.8) is 0 Å².